The molecule has 6 nitrogen and oxygen atoms in total. The summed E-state index contributed by atoms with van der Waals surface area (Å²) in [4.78, 5) is 14.6. The second kappa shape index (κ2) is 8.01. The number of aliphatic hydroxyl groups is 1. The van der Waals surface area contributed by atoms with Gasteiger partial charge in [0.1, 0.15) is 0 Å². The van der Waals surface area contributed by atoms with E-state index in [2.05, 4.69) is 41.6 Å². The molecule has 0 spiro atoms. The maximum Gasteiger partial charge on any atom is 0.234 e. The maximum atomic E-state index is 12.6. The number of benzene rings is 1. The van der Waals surface area contributed by atoms with Crippen LogP contribution in [-0.2, 0) is 18.4 Å². The van der Waals surface area contributed by atoms with Crippen molar-refractivity contribution in [1.29, 1.82) is 0 Å². The molecular formula is C20H28N4O2. The molecule has 1 heterocycles. The Balaban J connectivity index is 1.57. The summed E-state index contributed by atoms with van der Waals surface area (Å²) in [6.45, 7) is 3.13. The minimum absolute atomic E-state index is 0.00476. The predicted molar refractivity (Wildman–Crippen MR) is 100 cm³/mol. The standard InChI is InChI=1S/C20H28N4O2/c1-14-4-6-15(7-5-14)11-23(2)13-19(26)22-20(16-8-18(25)9-16)17-10-21-24(3)12-17/h4-7,10,12,16,18,20,25H,8-9,11,13H2,1-3H3,(H,22,26). The van der Waals surface area contributed by atoms with Gasteiger partial charge in [-0.15, -0.1) is 0 Å². The molecule has 0 saturated heterocycles. The van der Waals surface area contributed by atoms with Crippen LogP contribution in [0.1, 0.15) is 35.6 Å². The van der Waals surface area contributed by atoms with E-state index < -0.39 is 0 Å². The number of nitrogens with one attached hydrogen (secondary N) is 1. The summed E-state index contributed by atoms with van der Waals surface area (Å²) in [5, 5.41) is 17.0. The third kappa shape index (κ3) is 4.71. The summed E-state index contributed by atoms with van der Waals surface area (Å²) in [7, 11) is 3.82. The summed E-state index contributed by atoms with van der Waals surface area (Å²) >= 11 is 0. The van der Waals surface area contributed by atoms with E-state index in [9.17, 15) is 9.90 Å². The average molecular weight is 356 g/mol. The molecule has 2 aromatic rings. The number of nitrogens with zero attached hydrogens (tertiary/aromatic N) is 3. The molecule has 26 heavy (non-hydrogen) atoms. The Morgan fingerprint density at radius 2 is 2.08 bits per heavy atom. The first kappa shape index (κ1) is 18.6. The molecule has 0 bridgehead atoms. The summed E-state index contributed by atoms with van der Waals surface area (Å²) in [5.74, 6) is 0.260. The monoisotopic (exact) mass is 356 g/mol. The topological polar surface area (TPSA) is 70.4 Å². The fourth-order valence-electron chi connectivity index (χ4n) is 3.50. The normalized spacial score (nSPS) is 20.7. The van der Waals surface area contributed by atoms with Crippen molar-refractivity contribution in [3.63, 3.8) is 0 Å². The molecule has 0 radical (unpaired) electrons. The van der Waals surface area contributed by atoms with Crippen LogP contribution in [0.4, 0.5) is 0 Å². The molecule has 3 rings (SSSR count). The molecule has 1 unspecified atom stereocenters. The highest BCUT2D eigenvalue weighted by Gasteiger charge is 2.36. The van der Waals surface area contributed by atoms with Gasteiger partial charge in [-0.3, -0.25) is 14.4 Å². The maximum absolute atomic E-state index is 12.6. The van der Waals surface area contributed by atoms with Crippen LogP contribution in [0, 0.1) is 12.8 Å². The fraction of sp³-hybridized carbons (Fsp3) is 0.500. The average Bonchev–Trinajstić information content (AvgIpc) is 2.98. The van der Waals surface area contributed by atoms with Gasteiger partial charge in [0, 0.05) is 25.4 Å². The third-order valence-corrected chi connectivity index (χ3v) is 5.01. The van der Waals surface area contributed by atoms with Crippen LogP contribution >= 0.6 is 0 Å². The minimum atomic E-state index is -0.250. The molecule has 1 aliphatic carbocycles. The number of hydrogen-bond acceptors (Lipinski definition) is 4. The lowest BCUT2D eigenvalue weighted by Crippen LogP contribution is -2.44. The second-order valence-corrected chi connectivity index (χ2v) is 7.54. The molecule has 1 atom stereocenters. The quantitative estimate of drug-likeness (QED) is 0.793. The first-order valence-corrected chi connectivity index (χ1v) is 9.11. The van der Waals surface area contributed by atoms with Crippen LogP contribution < -0.4 is 5.32 Å². The van der Waals surface area contributed by atoms with Gasteiger partial charge in [-0.25, -0.2) is 0 Å². The van der Waals surface area contributed by atoms with Crippen molar-refractivity contribution in [3.05, 3.63) is 53.3 Å². The number of aryl methyl sites for hydroxylation is 2. The van der Waals surface area contributed by atoms with Gasteiger partial charge < -0.3 is 10.4 Å². The number of rotatable bonds is 7. The number of aliphatic hydroxyl groups excluding tert-OH is 1. The van der Waals surface area contributed by atoms with Crippen LogP contribution in [0.15, 0.2) is 36.7 Å². The lowest BCUT2D eigenvalue weighted by atomic mass is 9.75. The Labute approximate surface area is 154 Å². The van der Waals surface area contributed by atoms with E-state index in [-0.39, 0.29) is 24.0 Å². The van der Waals surface area contributed by atoms with Gasteiger partial charge in [-0.1, -0.05) is 29.8 Å². The Kier molecular flexibility index (Phi) is 5.74. The molecule has 0 aliphatic heterocycles. The van der Waals surface area contributed by atoms with E-state index in [0.29, 0.717) is 6.54 Å². The molecule has 1 saturated carbocycles. The number of hydrogen-bond donors (Lipinski definition) is 2. The van der Waals surface area contributed by atoms with Crippen LogP contribution in [0.25, 0.3) is 0 Å². The number of amides is 1. The van der Waals surface area contributed by atoms with Crippen molar-refractivity contribution in [1.82, 2.24) is 20.0 Å². The second-order valence-electron chi connectivity index (χ2n) is 7.54. The molecule has 1 amide bonds. The minimum Gasteiger partial charge on any atom is -0.393 e. The zero-order valence-electron chi connectivity index (χ0n) is 15.7. The van der Waals surface area contributed by atoms with Crippen molar-refractivity contribution >= 4 is 5.91 Å². The van der Waals surface area contributed by atoms with E-state index in [0.717, 1.165) is 24.9 Å². The van der Waals surface area contributed by atoms with Gasteiger partial charge in [-0.2, -0.15) is 5.10 Å². The highest BCUT2D eigenvalue weighted by atomic mass is 16.3. The van der Waals surface area contributed by atoms with Crippen molar-refractivity contribution in [2.24, 2.45) is 13.0 Å². The van der Waals surface area contributed by atoms with Crippen LogP contribution in [-0.4, -0.2) is 45.4 Å². The molecule has 1 fully saturated rings. The molecule has 1 aromatic carbocycles. The Bertz CT molecular complexity index is 735. The van der Waals surface area contributed by atoms with Gasteiger partial charge in [0.2, 0.25) is 5.91 Å². The van der Waals surface area contributed by atoms with Crippen LogP contribution in [0.5, 0.6) is 0 Å². The van der Waals surface area contributed by atoms with Crippen molar-refractivity contribution < 1.29 is 9.90 Å². The lowest BCUT2D eigenvalue weighted by Gasteiger charge is -2.37. The first-order chi connectivity index (χ1) is 12.4. The summed E-state index contributed by atoms with van der Waals surface area (Å²) < 4.78 is 1.74. The molecular weight excluding hydrogens is 328 g/mol. The van der Waals surface area contributed by atoms with Gasteiger partial charge in [-0.05, 0) is 38.3 Å². The highest BCUT2D eigenvalue weighted by Crippen LogP contribution is 2.37. The molecule has 2 N–H and O–H groups in total. The fourth-order valence-corrected chi connectivity index (χ4v) is 3.50. The number of carbonyl (C=O) groups is 1. The zero-order chi connectivity index (χ0) is 18.7. The van der Waals surface area contributed by atoms with E-state index >= 15 is 0 Å². The Morgan fingerprint density at radius 3 is 2.65 bits per heavy atom. The molecule has 6 heteroatoms. The van der Waals surface area contributed by atoms with Gasteiger partial charge in [0.25, 0.3) is 0 Å². The van der Waals surface area contributed by atoms with Crippen LogP contribution in [0.2, 0.25) is 0 Å². The molecule has 1 aromatic heterocycles. The van der Waals surface area contributed by atoms with E-state index in [4.69, 9.17) is 0 Å². The van der Waals surface area contributed by atoms with E-state index in [1.807, 2.05) is 25.2 Å². The Hall–Kier alpha value is -2.18. The van der Waals surface area contributed by atoms with E-state index in [1.54, 1.807) is 10.9 Å². The zero-order valence-corrected chi connectivity index (χ0v) is 15.7. The first-order valence-electron chi connectivity index (χ1n) is 9.11. The van der Waals surface area contributed by atoms with Gasteiger partial charge in [0.15, 0.2) is 0 Å². The summed E-state index contributed by atoms with van der Waals surface area (Å²) in [6.07, 6.45) is 4.93. The predicted octanol–water partition coefficient (Wildman–Crippen LogP) is 1.79. The summed E-state index contributed by atoms with van der Waals surface area (Å²) in [6, 6.07) is 8.27. The molecule has 140 valence electrons. The van der Waals surface area contributed by atoms with Crippen molar-refractivity contribution in [3.8, 4) is 0 Å². The van der Waals surface area contributed by atoms with Gasteiger partial charge in [0.05, 0.1) is 24.9 Å². The van der Waals surface area contributed by atoms with Crippen molar-refractivity contribution in [2.45, 2.75) is 38.5 Å². The van der Waals surface area contributed by atoms with Crippen LogP contribution in [0.3, 0.4) is 0 Å². The number of aromatic nitrogens is 2. The van der Waals surface area contributed by atoms with E-state index in [1.165, 1.54) is 11.1 Å². The molecule has 1 aliphatic rings. The van der Waals surface area contributed by atoms with Crippen molar-refractivity contribution in [2.75, 3.05) is 13.6 Å². The lowest BCUT2D eigenvalue weighted by molar-refractivity contribution is -0.124. The highest BCUT2D eigenvalue weighted by molar-refractivity contribution is 5.78. The number of likely N-dealkylation sites (N-methyl/N-ethyl adjacent to an activating group) is 1. The smallest absolute Gasteiger partial charge is 0.234 e. The van der Waals surface area contributed by atoms with Gasteiger partial charge >= 0.3 is 0 Å². The largest absolute Gasteiger partial charge is 0.393 e. The number of carbonyl (C=O) groups excluding carboxylic acids is 1. The third-order valence-electron chi connectivity index (χ3n) is 5.01. The SMILES string of the molecule is Cc1ccc(CN(C)CC(=O)NC(c2cnn(C)c2)C2CC(O)C2)cc1. The Morgan fingerprint density at radius 1 is 1.38 bits per heavy atom. The summed E-state index contributed by atoms with van der Waals surface area (Å²) in [5.41, 5.74) is 3.42.